The molecule has 0 radical (unpaired) electrons. The summed E-state index contributed by atoms with van der Waals surface area (Å²) < 4.78 is 13.2. The number of halogens is 7. The summed E-state index contributed by atoms with van der Waals surface area (Å²) in [5, 5.41) is 2.27. The van der Waals surface area contributed by atoms with Gasteiger partial charge in [-0.2, -0.15) is 0 Å². The quantitative estimate of drug-likeness (QED) is 0.0341. The number of carbonyl (C=O) groups excluding carboxylic acids is 12. The summed E-state index contributed by atoms with van der Waals surface area (Å²) in [7, 11) is 0. The molecule has 4 fully saturated rings. The second-order valence-corrected chi connectivity index (χ2v) is 34.7. The number of rotatable bonds is 27. The van der Waals surface area contributed by atoms with Crippen LogP contribution in [0, 0.1) is 64.1 Å². The van der Waals surface area contributed by atoms with Gasteiger partial charge in [-0.1, -0.05) is 130 Å². The third-order valence-electron chi connectivity index (χ3n) is 23.3. The molecule has 8 unspecified atom stereocenters. The highest BCUT2D eigenvalue weighted by atomic mass is 35.5. The maximum atomic E-state index is 13.2. The lowest BCUT2D eigenvalue weighted by atomic mass is 9.85. The van der Waals surface area contributed by atoms with Crippen molar-refractivity contribution in [2.45, 2.75) is 161 Å². The molecule has 11 aromatic rings. The van der Waals surface area contributed by atoms with E-state index < -0.39 is 35.5 Å². The summed E-state index contributed by atoms with van der Waals surface area (Å²) in [5.41, 5.74) is 12.7. The van der Waals surface area contributed by atoms with Crippen molar-refractivity contribution in [2.24, 2.45) is 23.7 Å². The zero-order chi connectivity index (χ0) is 90.2. The highest BCUT2D eigenvalue weighted by molar-refractivity contribution is 6.39. The van der Waals surface area contributed by atoms with Crippen molar-refractivity contribution in [3.05, 3.63) is 316 Å². The first kappa shape index (κ1) is 93.9. The largest absolute Gasteiger partial charge is 0.298 e. The molecule has 4 saturated carbocycles. The molecule has 0 amide bonds. The topological polar surface area (TPSA) is 282 Å². The van der Waals surface area contributed by atoms with Gasteiger partial charge in [-0.15, -0.1) is 0 Å². The van der Waals surface area contributed by atoms with Gasteiger partial charge in [-0.3, -0.25) is 77.5 Å². The van der Waals surface area contributed by atoms with Gasteiger partial charge in [-0.05, 0) is 256 Å². The second kappa shape index (κ2) is 43.3. The van der Waals surface area contributed by atoms with Crippen LogP contribution in [0.1, 0.15) is 218 Å². The Labute approximate surface area is 759 Å². The van der Waals surface area contributed by atoms with Crippen LogP contribution in [0.5, 0.6) is 0 Å². The summed E-state index contributed by atoms with van der Waals surface area (Å²) in [6.07, 6.45) is 15.5. The van der Waals surface area contributed by atoms with Gasteiger partial charge in [-0.25, -0.2) is 14.4 Å². The van der Waals surface area contributed by atoms with Gasteiger partial charge < -0.3 is 0 Å². The zero-order valence-corrected chi connectivity index (χ0v) is 74.3. The van der Waals surface area contributed by atoms with Gasteiger partial charge in [0.2, 0.25) is 0 Å². The number of benzene rings is 6. The molecule has 0 aliphatic heterocycles. The number of Topliss-reactive ketones (excluding diaryl/α,β-unsaturated/α-hetero) is 12. The Morgan fingerprint density at radius 1 is 0.317 bits per heavy atom. The molecule has 8 atom stereocenters. The Kier molecular flexibility index (Phi) is 32.2. The van der Waals surface area contributed by atoms with E-state index in [1.165, 1.54) is 24.5 Å². The van der Waals surface area contributed by atoms with Gasteiger partial charge in [0.1, 0.15) is 75.4 Å². The molecule has 0 N–H and O–H groups in total. The summed E-state index contributed by atoms with van der Waals surface area (Å²) in [5.74, 6) is -5.86. The Balaban J connectivity index is 0.000000153. The lowest BCUT2D eigenvalue weighted by Gasteiger charge is -2.17. The predicted octanol–water partition coefficient (Wildman–Crippen LogP) is 22.9. The monoisotopic (exact) mass is 1810 g/mol. The van der Waals surface area contributed by atoms with Crippen LogP contribution in [-0.2, 0) is 38.4 Å². The average molecular weight is 1810 g/mol. The van der Waals surface area contributed by atoms with Gasteiger partial charge in [0, 0.05) is 154 Å². The van der Waals surface area contributed by atoms with E-state index in [9.17, 15) is 61.9 Å². The third kappa shape index (κ3) is 23.1. The normalized spacial score (nSPS) is 18.3. The van der Waals surface area contributed by atoms with Crippen molar-refractivity contribution in [3.63, 3.8) is 0 Å². The summed E-state index contributed by atoms with van der Waals surface area (Å²) in [6.45, 7) is 9.58. The fraction of sp³-hybridized carbons (Fsp3) is 0.287. The first-order chi connectivity index (χ1) is 60.4. The number of nitrogens with zero attached hydrogens (tertiary/aromatic N) is 6. The minimum atomic E-state index is -1.01. The summed E-state index contributed by atoms with van der Waals surface area (Å²) >= 11 is 37.4. The Morgan fingerprint density at radius 2 is 0.595 bits per heavy atom. The molecule has 5 aromatic heterocycles. The molecule has 0 spiro atoms. The number of hydrogen-bond acceptors (Lipinski definition) is 18. The van der Waals surface area contributed by atoms with Crippen LogP contribution in [0.3, 0.4) is 0 Å². The van der Waals surface area contributed by atoms with E-state index in [0.717, 1.165) is 55.6 Å². The fourth-order valence-corrected chi connectivity index (χ4v) is 18.9. The van der Waals surface area contributed by atoms with Crippen LogP contribution in [0.2, 0.25) is 30.1 Å². The smallest absolute Gasteiger partial charge is 0.181 e. The molecule has 15 rings (SSSR count). The van der Waals surface area contributed by atoms with Crippen molar-refractivity contribution in [1.29, 1.82) is 0 Å². The van der Waals surface area contributed by atoms with Crippen LogP contribution >= 0.6 is 69.6 Å². The fourth-order valence-electron chi connectivity index (χ4n) is 17.2. The minimum Gasteiger partial charge on any atom is -0.298 e. The Hall–Kier alpha value is -11.3. The summed E-state index contributed by atoms with van der Waals surface area (Å²) in [4.78, 5) is 177. The van der Waals surface area contributed by atoms with E-state index >= 15 is 0 Å². The molecular weight excluding hydrogens is 1720 g/mol. The lowest BCUT2D eigenvalue weighted by Crippen LogP contribution is -2.18. The number of pyridine rings is 4. The SMILES string of the molecule is Cc1cc(-c2ccc(Cl)cc2)cc(C)c1C1C(=O)CC(CCCC(=O)c2ccccn2)C1=O.Cc1cc(-c2ncc(Cl)cn2)cc(C)c1C1C(=O)CC(CCCC(=O)c2ccccn2)C1=O.Cc1cc(Cl)c(C2C(=O)CC(CCCC(=O)c3ccccn3)C2=O)c(Cl)c1.O=C(CCCC1CC(=O)C(c2c(Cl)cc(-c3ccc(F)cc3)cc2Cl)C1=O)c1ccccn1. The lowest BCUT2D eigenvalue weighted by molar-refractivity contribution is -0.126. The maximum absolute atomic E-state index is 13.2. The van der Waals surface area contributed by atoms with Crippen molar-refractivity contribution in [1.82, 2.24) is 29.9 Å². The van der Waals surface area contributed by atoms with Crippen molar-refractivity contribution in [2.75, 3.05) is 0 Å². The highest BCUT2D eigenvalue weighted by Crippen LogP contribution is 2.46. The maximum Gasteiger partial charge on any atom is 0.181 e. The van der Waals surface area contributed by atoms with Crippen molar-refractivity contribution in [3.8, 4) is 33.6 Å². The highest BCUT2D eigenvalue weighted by Gasteiger charge is 2.47. The molecule has 6 aromatic carbocycles. The van der Waals surface area contributed by atoms with Crippen LogP contribution < -0.4 is 0 Å². The van der Waals surface area contributed by atoms with Crippen LogP contribution in [0.25, 0.3) is 33.6 Å². The van der Waals surface area contributed by atoms with E-state index in [1.807, 2.05) is 83.1 Å². The van der Waals surface area contributed by atoms with Crippen LogP contribution in [0.4, 0.5) is 4.39 Å². The van der Waals surface area contributed by atoms with E-state index in [4.69, 9.17) is 69.6 Å². The Morgan fingerprint density at radius 3 is 0.897 bits per heavy atom. The van der Waals surface area contributed by atoms with Crippen LogP contribution in [-0.4, -0.2) is 99.3 Å². The first-order valence-corrected chi connectivity index (χ1v) is 43.9. The second-order valence-electron chi connectivity index (χ2n) is 32.2. The van der Waals surface area contributed by atoms with E-state index in [2.05, 4.69) is 29.9 Å². The zero-order valence-electron chi connectivity index (χ0n) is 69.8. The molecule has 0 bridgehead atoms. The van der Waals surface area contributed by atoms with Crippen molar-refractivity contribution >= 4 is 139 Å². The first-order valence-electron chi connectivity index (χ1n) is 41.6. The number of aryl methyl sites for hydroxylation is 5. The number of ketones is 12. The van der Waals surface area contributed by atoms with Gasteiger partial charge in [0.15, 0.2) is 52.1 Å². The van der Waals surface area contributed by atoms with Gasteiger partial charge in [0.25, 0.3) is 0 Å². The van der Waals surface area contributed by atoms with Gasteiger partial charge in [0.05, 0.1) is 5.02 Å². The number of hydrogen-bond donors (Lipinski definition) is 0. The Bertz CT molecular complexity index is 5420. The van der Waals surface area contributed by atoms with E-state index in [1.54, 1.807) is 134 Å². The molecule has 25 heteroatoms. The third-order valence-corrected chi connectivity index (χ3v) is 25.0. The minimum absolute atomic E-state index is 0.0178. The standard InChI is InChI=1S/C28H26ClNO3.C26H20Cl2FNO3.C26H24ClN3O3.C21H19Cl2NO3/c1-17-14-21(19-9-11-22(29)12-10-19)15-18(2)26(17)27-25(32)16-20(28(27)33)6-5-8-24(31)23-7-3-4-13-30-23;27-19-12-17(15-7-9-18(29)10-8-15)13-20(28)24(19)25-23(32)14-16(26(25)33)4-3-6-22(31)21-5-1-2-11-30-21;1-15-10-18(26-29-13-19(27)14-30-26)11-16(2)23(15)24-22(32)12-17(25(24)33)6-5-8-21(31)20-7-3-4-9-28-20;1-12-9-14(22)19(15(23)10-12)20-18(26)11-13(21(20)27)5-4-7-17(25)16-6-2-3-8-24-16/h3-4,7,9-15,20,27H,5-6,8,16H2,1-2H3;1-2,5,7-13,16,25H,3-4,6,14H2;3-4,7,9-11,13-14,17,24H,5-6,8,12H2,1-2H3;2-3,6,8-10,13,20H,4-5,7,11H2,1H3. The number of carbonyl (C=O) groups is 12. The molecule has 644 valence electrons. The van der Waals surface area contributed by atoms with E-state index in [0.29, 0.717) is 142 Å². The van der Waals surface area contributed by atoms with Gasteiger partial charge >= 0.3 is 0 Å². The average Bonchev–Trinajstić information content (AvgIpc) is 1.59. The van der Waals surface area contributed by atoms with Crippen LogP contribution in [0.15, 0.2) is 207 Å². The van der Waals surface area contributed by atoms with Crippen molar-refractivity contribution < 1.29 is 61.9 Å². The number of aromatic nitrogens is 6. The molecular formula is C101H89Cl6FN6O12. The van der Waals surface area contributed by atoms with E-state index in [-0.39, 0.29) is 129 Å². The molecule has 4 aliphatic rings. The molecule has 18 nitrogen and oxygen atoms in total. The molecule has 4 aliphatic carbocycles. The summed E-state index contributed by atoms with van der Waals surface area (Å²) in [6, 6.07) is 48.9. The predicted molar refractivity (Wildman–Crippen MR) is 484 cm³/mol. The molecule has 126 heavy (non-hydrogen) atoms. The molecule has 5 heterocycles. The molecule has 0 saturated heterocycles.